The monoisotopic (exact) mass is 383 g/mol. The Morgan fingerprint density at radius 2 is 1.89 bits per heavy atom. The van der Waals surface area contributed by atoms with E-state index in [1.807, 2.05) is 18.5 Å². The highest BCUT2D eigenvalue weighted by molar-refractivity contribution is 6.32. The van der Waals surface area contributed by atoms with E-state index in [1.165, 1.54) is 75.3 Å². The van der Waals surface area contributed by atoms with Crippen LogP contribution in [0.1, 0.15) is 83.6 Å². The predicted molar refractivity (Wildman–Crippen MR) is 114 cm³/mol. The molecule has 0 radical (unpaired) electrons. The Hall–Kier alpha value is -0.820. The molecule has 0 aliphatic heterocycles. The van der Waals surface area contributed by atoms with Crippen LogP contribution in [0.4, 0.5) is 0 Å². The molecule has 0 spiro atoms. The van der Waals surface area contributed by atoms with Gasteiger partial charge in [-0.1, -0.05) is 50.8 Å². The van der Waals surface area contributed by atoms with Crippen molar-refractivity contribution >= 4 is 17.2 Å². The van der Waals surface area contributed by atoms with Crippen molar-refractivity contribution in [2.75, 3.05) is 0 Å². The zero-order chi connectivity index (χ0) is 18.6. The third-order valence-corrected chi connectivity index (χ3v) is 9.80. The summed E-state index contributed by atoms with van der Waals surface area (Å²) in [5, 5.41) is 0.875. The maximum absolute atomic E-state index is 6.59. The van der Waals surface area contributed by atoms with Gasteiger partial charge in [0.15, 0.2) is 0 Å². The van der Waals surface area contributed by atoms with E-state index < -0.39 is 0 Å². The normalized spacial score (nSPS) is 43.9. The molecule has 4 aliphatic carbocycles. The summed E-state index contributed by atoms with van der Waals surface area (Å²) < 4.78 is 0. The molecular formula is C25H34ClN. The van der Waals surface area contributed by atoms with Crippen molar-refractivity contribution in [1.82, 2.24) is 4.98 Å². The molecule has 27 heavy (non-hydrogen) atoms. The van der Waals surface area contributed by atoms with Gasteiger partial charge in [-0.3, -0.25) is 4.98 Å². The van der Waals surface area contributed by atoms with Gasteiger partial charge in [0.1, 0.15) is 0 Å². The van der Waals surface area contributed by atoms with E-state index in [-0.39, 0.29) is 0 Å². The van der Waals surface area contributed by atoms with Gasteiger partial charge < -0.3 is 0 Å². The number of allylic oxidation sites excluding steroid dienone is 2. The second-order valence-corrected chi connectivity index (χ2v) is 10.8. The molecular weight excluding hydrogens is 350 g/mol. The third kappa shape index (κ3) is 2.67. The fourth-order valence-corrected chi connectivity index (χ4v) is 8.24. The number of hydrogen-bond donors (Lipinski definition) is 0. The number of fused-ring (bicyclic) bond motifs is 5. The summed E-state index contributed by atoms with van der Waals surface area (Å²) in [4.78, 5) is 4.39. The predicted octanol–water partition coefficient (Wildman–Crippen LogP) is 7.55. The van der Waals surface area contributed by atoms with Gasteiger partial charge >= 0.3 is 0 Å². The van der Waals surface area contributed by atoms with Gasteiger partial charge in [-0.05, 0) is 91.1 Å². The summed E-state index contributed by atoms with van der Waals surface area (Å²) in [7, 11) is 0. The van der Waals surface area contributed by atoms with E-state index in [0.717, 1.165) is 28.7 Å². The fourth-order valence-electron chi connectivity index (χ4n) is 8.03. The molecule has 1 aromatic heterocycles. The number of pyridine rings is 1. The van der Waals surface area contributed by atoms with Crippen molar-refractivity contribution in [2.45, 2.75) is 78.1 Å². The Kier molecular flexibility index (Phi) is 4.46. The standard InChI is InChI=1S/C25H34ClN/c1-24-13-5-3-4-6-17(24)7-8-18-20-9-10-21(19-16-27-15-12-23(19)26)25(20,2)14-11-22(18)24/h10,12,15-18,20,22H,3-9,11,13-14H2,1-2H3/t17?,18-,20?,22?,24-,25-/m0/s1. The van der Waals surface area contributed by atoms with Gasteiger partial charge in [-0.25, -0.2) is 0 Å². The van der Waals surface area contributed by atoms with Crippen molar-refractivity contribution in [2.24, 2.45) is 34.5 Å². The van der Waals surface area contributed by atoms with Crippen LogP contribution in [-0.2, 0) is 0 Å². The third-order valence-electron chi connectivity index (χ3n) is 9.47. The molecule has 0 aromatic carbocycles. The van der Waals surface area contributed by atoms with E-state index >= 15 is 0 Å². The fraction of sp³-hybridized carbons (Fsp3) is 0.720. The zero-order valence-corrected chi connectivity index (χ0v) is 17.8. The zero-order valence-electron chi connectivity index (χ0n) is 17.0. The van der Waals surface area contributed by atoms with Crippen LogP contribution < -0.4 is 0 Å². The Bertz CT molecular complexity index is 754. The van der Waals surface area contributed by atoms with Gasteiger partial charge in [0.25, 0.3) is 0 Å². The summed E-state index contributed by atoms with van der Waals surface area (Å²) >= 11 is 6.59. The van der Waals surface area contributed by atoms with Crippen LogP contribution in [0.3, 0.4) is 0 Å². The van der Waals surface area contributed by atoms with Crippen LogP contribution in [0.5, 0.6) is 0 Å². The van der Waals surface area contributed by atoms with E-state index in [2.05, 4.69) is 24.9 Å². The van der Waals surface area contributed by atoms with Gasteiger partial charge in [-0.15, -0.1) is 0 Å². The first-order chi connectivity index (χ1) is 13.0. The number of halogens is 1. The molecule has 5 rings (SSSR count). The Balaban J connectivity index is 1.47. The number of rotatable bonds is 1. The van der Waals surface area contributed by atoms with Crippen molar-refractivity contribution in [1.29, 1.82) is 0 Å². The lowest BCUT2D eigenvalue weighted by Gasteiger charge is -2.59. The van der Waals surface area contributed by atoms with Gasteiger partial charge in [0.05, 0.1) is 5.02 Å². The molecule has 1 aromatic rings. The minimum absolute atomic E-state index is 0.293. The summed E-state index contributed by atoms with van der Waals surface area (Å²) in [6.45, 7) is 5.22. The summed E-state index contributed by atoms with van der Waals surface area (Å²) in [5.74, 6) is 3.66. The van der Waals surface area contributed by atoms with Crippen molar-refractivity contribution in [3.8, 4) is 0 Å². The molecule has 2 heteroatoms. The highest BCUT2D eigenvalue weighted by Gasteiger charge is 2.57. The second-order valence-electron chi connectivity index (χ2n) is 10.4. The summed E-state index contributed by atoms with van der Waals surface area (Å²) in [6, 6.07) is 1.96. The largest absolute Gasteiger partial charge is 0.264 e. The van der Waals surface area contributed by atoms with Crippen LogP contribution in [0.25, 0.3) is 5.57 Å². The molecule has 0 bridgehead atoms. The first-order valence-corrected chi connectivity index (χ1v) is 11.7. The first-order valence-electron chi connectivity index (χ1n) is 11.3. The van der Waals surface area contributed by atoms with Gasteiger partial charge in [0, 0.05) is 18.0 Å². The second kappa shape index (κ2) is 6.61. The molecule has 3 saturated carbocycles. The van der Waals surface area contributed by atoms with Gasteiger partial charge in [0.2, 0.25) is 0 Å². The molecule has 1 nitrogen and oxygen atoms in total. The molecule has 0 N–H and O–H groups in total. The SMILES string of the molecule is C[C@]12CCCCCC1CC[C@@H]1C2CC[C@]2(C)C(c3cnccc3Cl)=CCC12. The van der Waals surface area contributed by atoms with Crippen molar-refractivity contribution in [3.05, 3.63) is 35.1 Å². The Morgan fingerprint density at radius 3 is 2.74 bits per heavy atom. The summed E-state index contributed by atoms with van der Waals surface area (Å²) in [5.41, 5.74) is 3.59. The minimum atomic E-state index is 0.293. The number of nitrogens with zero attached hydrogens (tertiary/aromatic N) is 1. The Morgan fingerprint density at radius 1 is 1.00 bits per heavy atom. The molecule has 3 fully saturated rings. The Labute approximate surface area is 170 Å². The van der Waals surface area contributed by atoms with E-state index in [9.17, 15) is 0 Å². The number of hydrogen-bond acceptors (Lipinski definition) is 1. The number of aromatic nitrogens is 1. The molecule has 4 aliphatic rings. The average Bonchev–Trinajstić information content (AvgIpc) is 2.88. The topological polar surface area (TPSA) is 12.9 Å². The average molecular weight is 384 g/mol. The molecule has 0 saturated heterocycles. The lowest BCUT2D eigenvalue weighted by molar-refractivity contribution is -0.0808. The molecule has 0 amide bonds. The first kappa shape index (κ1) is 18.2. The van der Waals surface area contributed by atoms with Crippen LogP contribution in [0.2, 0.25) is 5.02 Å². The maximum Gasteiger partial charge on any atom is 0.0512 e. The lowest BCUT2D eigenvalue weighted by atomic mass is 9.46. The lowest BCUT2D eigenvalue weighted by Crippen LogP contribution is -2.51. The summed E-state index contributed by atoms with van der Waals surface area (Å²) in [6.07, 6.45) is 20.7. The van der Waals surface area contributed by atoms with E-state index in [1.54, 1.807) is 0 Å². The highest BCUT2D eigenvalue weighted by atomic mass is 35.5. The quantitative estimate of drug-likeness (QED) is 0.487. The van der Waals surface area contributed by atoms with Crippen molar-refractivity contribution in [3.63, 3.8) is 0 Å². The maximum atomic E-state index is 6.59. The van der Waals surface area contributed by atoms with Crippen LogP contribution >= 0.6 is 11.6 Å². The minimum Gasteiger partial charge on any atom is -0.264 e. The molecule has 6 atom stereocenters. The van der Waals surface area contributed by atoms with Crippen LogP contribution in [0, 0.1) is 34.5 Å². The molecule has 146 valence electrons. The van der Waals surface area contributed by atoms with Crippen molar-refractivity contribution < 1.29 is 0 Å². The van der Waals surface area contributed by atoms with Gasteiger partial charge in [-0.2, -0.15) is 0 Å². The molecule has 1 heterocycles. The van der Waals surface area contributed by atoms with E-state index in [4.69, 9.17) is 11.6 Å². The highest BCUT2D eigenvalue weighted by Crippen LogP contribution is 2.67. The van der Waals surface area contributed by atoms with Crippen LogP contribution in [-0.4, -0.2) is 4.98 Å². The molecule has 3 unspecified atom stereocenters. The smallest absolute Gasteiger partial charge is 0.0512 e. The van der Waals surface area contributed by atoms with Crippen LogP contribution in [0.15, 0.2) is 24.5 Å². The van der Waals surface area contributed by atoms with E-state index in [0.29, 0.717) is 10.8 Å².